The minimum Gasteiger partial charge on any atom is -0.330 e. The van der Waals surface area contributed by atoms with E-state index in [4.69, 9.17) is 0 Å². The molecule has 1 atom stereocenters. The van der Waals surface area contributed by atoms with Crippen LogP contribution in [0.4, 0.5) is 0 Å². The molecule has 2 aromatic heterocycles. The molecule has 0 radical (unpaired) electrons. The van der Waals surface area contributed by atoms with E-state index in [1.54, 1.807) is 34.3 Å². The number of hydrogen-bond donors (Lipinski definition) is 1. The van der Waals surface area contributed by atoms with Crippen molar-refractivity contribution in [3.05, 3.63) is 53.7 Å². The van der Waals surface area contributed by atoms with Gasteiger partial charge >= 0.3 is 0 Å². The Labute approximate surface area is 167 Å². The third kappa shape index (κ3) is 4.31. The molecule has 140 valence electrons. The highest BCUT2D eigenvalue weighted by Crippen LogP contribution is 2.30. The molecule has 0 aliphatic carbocycles. The zero-order chi connectivity index (χ0) is 18.6. The number of aromatic nitrogens is 2. The Kier molecular flexibility index (Phi) is 5.71. The molecule has 1 aliphatic rings. The van der Waals surface area contributed by atoms with Gasteiger partial charge in [-0.2, -0.15) is 0 Å². The number of carbonyl (C=O) groups excluding carboxylic acids is 1. The maximum absolute atomic E-state index is 12.9. The average molecular weight is 400 g/mol. The topological polar surface area (TPSA) is 50.5 Å². The number of thioether (sulfide) groups is 1. The lowest BCUT2D eigenvalue weighted by Crippen LogP contribution is -3.13. The second kappa shape index (κ2) is 8.37. The number of nitrogens with zero attached hydrogens (tertiary/aromatic N) is 3. The number of carbonyl (C=O) groups is 1. The number of thiophene rings is 1. The lowest BCUT2D eigenvalue weighted by Gasteiger charge is -2.33. The van der Waals surface area contributed by atoms with Crippen molar-refractivity contribution in [1.29, 1.82) is 0 Å². The minimum absolute atomic E-state index is 0.140. The van der Waals surface area contributed by atoms with E-state index in [0.717, 1.165) is 48.0 Å². The van der Waals surface area contributed by atoms with Crippen molar-refractivity contribution in [2.45, 2.75) is 23.7 Å². The van der Waals surface area contributed by atoms with Crippen molar-refractivity contribution in [3.8, 4) is 0 Å². The van der Waals surface area contributed by atoms with E-state index >= 15 is 0 Å². The summed E-state index contributed by atoms with van der Waals surface area (Å²) < 4.78 is 0. The molecule has 27 heavy (non-hydrogen) atoms. The molecule has 0 spiro atoms. The van der Waals surface area contributed by atoms with Crippen molar-refractivity contribution < 1.29 is 9.69 Å². The Morgan fingerprint density at radius 2 is 2.00 bits per heavy atom. The van der Waals surface area contributed by atoms with Gasteiger partial charge in [0.25, 0.3) is 0 Å². The maximum atomic E-state index is 12.9. The van der Waals surface area contributed by atoms with E-state index in [1.165, 1.54) is 5.56 Å². The molecule has 4 rings (SSSR count). The summed E-state index contributed by atoms with van der Waals surface area (Å²) in [4.78, 5) is 26.1. The van der Waals surface area contributed by atoms with Gasteiger partial charge in [-0.3, -0.25) is 4.79 Å². The molecule has 1 aromatic carbocycles. The summed E-state index contributed by atoms with van der Waals surface area (Å²) in [6.45, 7) is 6.66. The summed E-state index contributed by atoms with van der Waals surface area (Å²) in [6, 6.07) is 12.6. The number of amides is 1. The van der Waals surface area contributed by atoms with Crippen molar-refractivity contribution in [3.63, 3.8) is 0 Å². The summed E-state index contributed by atoms with van der Waals surface area (Å²) in [6.07, 6.45) is 1.59. The van der Waals surface area contributed by atoms with Gasteiger partial charge in [-0.05, 0) is 18.4 Å². The van der Waals surface area contributed by atoms with Gasteiger partial charge in [0.05, 0.1) is 31.4 Å². The SMILES string of the molecule is C[C@H](Sc1ncnc2sccc12)C(=O)N1CC[NH+](Cc2ccccc2)CC1. The lowest BCUT2D eigenvalue weighted by atomic mass is 10.2. The summed E-state index contributed by atoms with van der Waals surface area (Å²) in [5.41, 5.74) is 1.36. The van der Waals surface area contributed by atoms with Crippen LogP contribution in [0.15, 0.2) is 53.1 Å². The Hall–Kier alpha value is -1.96. The van der Waals surface area contributed by atoms with Crippen molar-refractivity contribution in [2.24, 2.45) is 0 Å². The first kappa shape index (κ1) is 18.4. The third-order valence-electron chi connectivity index (χ3n) is 4.94. The van der Waals surface area contributed by atoms with Crippen molar-refractivity contribution in [2.75, 3.05) is 26.2 Å². The lowest BCUT2D eigenvalue weighted by molar-refractivity contribution is -0.917. The van der Waals surface area contributed by atoms with E-state index < -0.39 is 0 Å². The zero-order valence-electron chi connectivity index (χ0n) is 15.3. The molecule has 1 fully saturated rings. The quantitative estimate of drug-likeness (QED) is 0.527. The van der Waals surface area contributed by atoms with Crippen LogP contribution in [0.5, 0.6) is 0 Å². The highest BCUT2D eigenvalue weighted by molar-refractivity contribution is 8.00. The van der Waals surface area contributed by atoms with Crippen LogP contribution in [0.1, 0.15) is 12.5 Å². The summed E-state index contributed by atoms with van der Waals surface area (Å²) in [7, 11) is 0. The molecule has 0 unspecified atom stereocenters. The van der Waals surface area contributed by atoms with E-state index in [1.807, 2.05) is 23.3 Å². The highest BCUT2D eigenvalue weighted by Gasteiger charge is 2.28. The van der Waals surface area contributed by atoms with Gasteiger partial charge in [0.15, 0.2) is 0 Å². The van der Waals surface area contributed by atoms with Gasteiger partial charge in [-0.15, -0.1) is 11.3 Å². The maximum Gasteiger partial charge on any atom is 0.236 e. The molecule has 0 saturated carbocycles. The Morgan fingerprint density at radius 1 is 1.22 bits per heavy atom. The van der Waals surface area contributed by atoms with Crippen LogP contribution in [-0.4, -0.2) is 52.2 Å². The third-order valence-corrected chi connectivity index (χ3v) is 6.87. The number of rotatable bonds is 5. The first-order chi connectivity index (χ1) is 13.2. The summed E-state index contributed by atoms with van der Waals surface area (Å²) in [5, 5.41) is 3.82. The monoisotopic (exact) mass is 399 g/mol. The normalized spacial score (nSPS) is 16.6. The van der Waals surface area contributed by atoms with Gasteiger partial charge in [0.1, 0.15) is 22.7 Å². The Balaban J connectivity index is 1.33. The molecule has 1 amide bonds. The molecule has 1 N–H and O–H groups in total. The molecule has 7 heteroatoms. The highest BCUT2D eigenvalue weighted by atomic mass is 32.2. The first-order valence-corrected chi connectivity index (χ1v) is 11.0. The standard InChI is InChI=1S/C20H22N4OS2/c1-15(27-19-17-7-12-26-18(17)21-14-22-19)20(25)24-10-8-23(9-11-24)13-16-5-3-2-4-6-16/h2-7,12,14-15H,8-11,13H2,1H3/p+1/t15-/m0/s1. The van der Waals surface area contributed by atoms with Crippen LogP contribution < -0.4 is 4.90 Å². The molecular weight excluding hydrogens is 376 g/mol. The van der Waals surface area contributed by atoms with Crippen LogP contribution in [0, 0.1) is 0 Å². The average Bonchev–Trinajstić information content (AvgIpc) is 3.19. The summed E-state index contributed by atoms with van der Waals surface area (Å²) in [5.74, 6) is 0.209. The van der Waals surface area contributed by atoms with E-state index in [2.05, 4.69) is 40.3 Å². The molecule has 0 bridgehead atoms. The second-order valence-corrected chi connectivity index (χ2v) is 9.04. The van der Waals surface area contributed by atoms with Gasteiger partial charge in [0, 0.05) is 10.9 Å². The number of piperazine rings is 1. The van der Waals surface area contributed by atoms with E-state index in [9.17, 15) is 4.79 Å². The number of quaternary nitrogens is 1. The van der Waals surface area contributed by atoms with Crippen LogP contribution in [0.2, 0.25) is 0 Å². The van der Waals surface area contributed by atoms with Gasteiger partial charge in [-0.25, -0.2) is 9.97 Å². The Bertz CT molecular complexity index is 907. The van der Waals surface area contributed by atoms with Crippen LogP contribution in [-0.2, 0) is 11.3 Å². The largest absolute Gasteiger partial charge is 0.330 e. The minimum atomic E-state index is -0.140. The van der Waals surface area contributed by atoms with E-state index in [0.29, 0.717) is 0 Å². The van der Waals surface area contributed by atoms with Crippen LogP contribution >= 0.6 is 23.1 Å². The number of hydrogen-bond acceptors (Lipinski definition) is 5. The molecule has 1 aliphatic heterocycles. The summed E-state index contributed by atoms with van der Waals surface area (Å²) >= 11 is 3.14. The number of benzene rings is 1. The van der Waals surface area contributed by atoms with Gasteiger partial charge in [0.2, 0.25) is 5.91 Å². The fourth-order valence-electron chi connectivity index (χ4n) is 3.44. The first-order valence-electron chi connectivity index (χ1n) is 9.22. The zero-order valence-corrected chi connectivity index (χ0v) is 16.9. The molecule has 1 saturated heterocycles. The smallest absolute Gasteiger partial charge is 0.236 e. The number of fused-ring (bicyclic) bond motifs is 1. The van der Waals surface area contributed by atoms with Crippen LogP contribution in [0.3, 0.4) is 0 Å². The predicted molar refractivity (Wildman–Crippen MR) is 110 cm³/mol. The van der Waals surface area contributed by atoms with Gasteiger partial charge in [-0.1, -0.05) is 42.1 Å². The molecule has 3 heterocycles. The fraction of sp³-hybridized carbons (Fsp3) is 0.350. The molecule has 5 nitrogen and oxygen atoms in total. The van der Waals surface area contributed by atoms with Crippen LogP contribution in [0.25, 0.3) is 10.2 Å². The predicted octanol–water partition coefficient (Wildman–Crippen LogP) is 2.10. The fourth-order valence-corrected chi connectivity index (χ4v) is 5.22. The van der Waals surface area contributed by atoms with Gasteiger partial charge < -0.3 is 9.80 Å². The van der Waals surface area contributed by atoms with Crippen molar-refractivity contribution in [1.82, 2.24) is 14.9 Å². The van der Waals surface area contributed by atoms with Crippen molar-refractivity contribution >= 4 is 39.2 Å². The molecule has 3 aromatic rings. The number of nitrogens with one attached hydrogen (secondary N) is 1. The molecular formula is C20H23N4OS2+. The Morgan fingerprint density at radius 3 is 2.78 bits per heavy atom. The second-order valence-electron chi connectivity index (χ2n) is 6.82. The van der Waals surface area contributed by atoms with E-state index in [-0.39, 0.29) is 11.2 Å².